The summed E-state index contributed by atoms with van der Waals surface area (Å²) in [6.45, 7) is 2.67. The van der Waals surface area contributed by atoms with Crippen molar-refractivity contribution in [2.75, 3.05) is 6.54 Å². The fraction of sp³-hybridized carbons (Fsp3) is 0.200. The molecule has 0 fully saturated rings. The standard InChI is InChI=1S/C20H17BrF2N2O2/c1-13-9-18(27-12-15-4-5-16(22)10-17(15)23)19(21)20(26)25(13)11-14-3-2-7-24-8-6-14/h2-7,9-10H,8,11-12H2,1H3. The van der Waals surface area contributed by atoms with Crippen LogP contribution in [0.4, 0.5) is 8.78 Å². The fourth-order valence-corrected chi connectivity index (χ4v) is 3.08. The van der Waals surface area contributed by atoms with Crippen LogP contribution in [0.1, 0.15) is 11.3 Å². The van der Waals surface area contributed by atoms with Crippen LogP contribution in [0.5, 0.6) is 5.75 Å². The number of halogens is 3. The maximum atomic E-state index is 13.7. The summed E-state index contributed by atoms with van der Waals surface area (Å²) in [7, 11) is 0. The molecule has 4 nitrogen and oxygen atoms in total. The lowest BCUT2D eigenvalue weighted by Crippen LogP contribution is -2.24. The van der Waals surface area contributed by atoms with Crippen molar-refractivity contribution in [3.8, 4) is 5.75 Å². The first-order valence-electron chi connectivity index (χ1n) is 8.28. The van der Waals surface area contributed by atoms with Gasteiger partial charge in [0, 0.05) is 29.6 Å². The van der Waals surface area contributed by atoms with Gasteiger partial charge in [-0.2, -0.15) is 0 Å². The van der Waals surface area contributed by atoms with Crippen molar-refractivity contribution in [3.05, 3.63) is 85.8 Å². The predicted molar refractivity (Wildman–Crippen MR) is 104 cm³/mol. The Bertz CT molecular complexity index is 1010. The molecule has 7 heteroatoms. The Hall–Kier alpha value is -2.54. The van der Waals surface area contributed by atoms with E-state index in [1.54, 1.807) is 23.8 Å². The number of aliphatic imine (C=N–C) groups is 1. The van der Waals surface area contributed by atoms with E-state index in [0.717, 1.165) is 17.7 Å². The quantitative estimate of drug-likeness (QED) is 0.702. The highest BCUT2D eigenvalue weighted by Gasteiger charge is 2.14. The molecule has 27 heavy (non-hydrogen) atoms. The molecule has 2 heterocycles. The molecular weight excluding hydrogens is 418 g/mol. The Kier molecular flexibility index (Phi) is 6.01. The van der Waals surface area contributed by atoms with E-state index in [2.05, 4.69) is 20.9 Å². The maximum Gasteiger partial charge on any atom is 0.269 e. The third-order valence-electron chi connectivity index (χ3n) is 4.11. The average molecular weight is 435 g/mol. The molecule has 3 rings (SSSR count). The van der Waals surface area contributed by atoms with Crippen molar-refractivity contribution in [3.63, 3.8) is 0 Å². The van der Waals surface area contributed by atoms with Crippen molar-refractivity contribution >= 4 is 22.1 Å². The highest BCUT2D eigenvalue weighted by Crippen LogP contribution is 2.24. The van der Waals surface area contributed by atoms with Crippen molar-refractivity contribution in [1.29, 1.82) is 0 Å². The topological polar surface area (TPSA) is 43.6 Å². The van der Waals surface area contributed by atoms with Crippen LogP contribution >= 0.6 is 15.9 Å². The summed E-state index contributed by atoms with van der Waals surface area (Å²) < 4.78 is 34.2. The predicted octanol–water partition coefficient (Wildman–Crippen LogP) is 4.34. The third kappa shape index (κ3) is 4.60. The SMILES string of the molecule is Cc1cc(OCc2ccc(F)cc2F)c(Br)c(=O)n1CC1=CCN=CC=C1. The minimum Gasteiger partial charge on any atom is -0.487 e. The smallest absolute Gasteiger partial charge is 0.269 e. The minimum atomic E-state index is -0.689. The first-order chi connectivity index (χ1) is 13.0. The first kappa shape index (κ1) is 19.2. The molecule has 0 spiro atoms. The molecule has 2 aromatic rings. The Labute approximate surface area is 163 Å². The largest absolute Gasteiger partial charge is 0.487 e. The van der Waals surface area contributed by atoms with Gasteiger partial charge < -0.3 is 9.30 Å². The summed E-state index contributed by atoms with van der Waals surface area (Å²) in [6.07, 6.45) is 7.43. The lowest BCUT2D eigenvalue weighted by Gasteiger charge is -2.15. The van der Waals surface area contributed by atoms with Gasteiger partial charge in [0.2, 0.25) is 0 Å². The zero-order chi connectivity index (χ0) is 19.4. The van der Waals surface area contributed by atoms with E-state index < -0.39 is 11.6 Å². The van der Waals surface area contributed by atoms with Gasteiger partial charge in [0.25, 0.3) is 5.56 Å². The molecule has 0 radical (unpaired) electrons. The lowest BCUT2D eigenvalue weighted by atomic mass is 10.2. The Morgan fingerprint density at radius 3 is 2.89 bits per heavy atom. The van der Waals surface area contributed by atoms with Gasteiger partial charge in [-0.3, -0.25) is 9.79 Å². The normalized spacial score (nSPS) is 13.4. The molecule has 0 unspecified atom stereocenters. The van der Waals surface area contributed by atoms with Crippen LogP contribution in [-0.4, -0.2) is 17.3 Å². The highest BCUT2D eigenvalue weighted by molar-refractivity contribution is 9.10. The summed E-state index contributed by atoms with van der Waals surface area (Å²) in [5.74, 6) is -1.03. The summed E-state index contributed by atoms with van der Waals surface area (Å²) >= 11 is 3.27. The summed E-state index contributed by atoms with van der Waals surface area (Å²) in [4.78, 5) is 16.9. The zero-order valence-electron chi connectivity index (χ0n) is 14.6. The molecule has 1 aromatic carbocycles. The number of aromatic nitrogens is 1. The molecule has 1 aliphatic heterocycles. The number of benzene rings is 1. The fourth-order valence-electron chi connectivity index (χ4n) is 2.64. The van der Waals surface area contributed by atoms with Crippen molar-refractivity contribution in [1.82, 2.24) is 4.57 Å². The van der Waals surface area contributed by atoms with E-state index in [0.29, 0.717) is 24.5 Å². The van der Waals surface area contributed by atoms with Crippen molar-refractivity contribution < 1.29 is 13.5 Å². The van der Waals surface area contributed by atoms with Crippen LogP contribution in [0.3, 0.4) is 0 Å². The molecule has 0 amide bonds. The van der Waals surface area contributed by atoms with E-state index in [1.165, 1.54) is 6.07 Å². The summed E-state index contributed by atoms with van der Waals surface area (Å²) in [6, 6.07) is 5.00. The average Bonchev–Trinajstić information content (AvgIpc) is 2.90. The number of ether oxygens (including phenoxy) is 1. The number of pyridine rings is 1. The van der Waals surface area contributed by atoms with E-state index in [1.807, 2.05) is 18.2 Å². The maximum absolute atomic E-state index is 13.7. The van der Waals surface area contributed by atoms with Gasteiger partial charge in [-0.1, -0.05) is 12.2 Å². The molecule has 0 saturated heterocycles. The monoisotopic (exact) mass is 434 g/mol. The molecule has 0 bridgehead atoms. The van der Waals surface area contributed by atoms with Gasteiger partial charge >= 0.3 is 0 Å². The van der Waals surface area contributed by atoms with Crippen LogP contribution in [0.15, 0.2) is 62.3 Å². The van der Waals surface area contributed by atoms with E-state index in [-0.39, 0.29) is 22.2 Å². The third-order valence-corrected chi connectivity index (χ3v) is 4.84. The van der Waals surface area contributed by atoms with Gasteiger partial charge in [0.1, 0.15) is 28.5 Å². The number of rotatable bonds is 5. The Morgan fingerprint density at radius 1 is 1.30 bits per heavy atom. The number of allylic oxidation sites excluding steroid dienone is 3. The first-order valence-corrected chi connectivity index (χ1v) is 9.07. The van der Waals surface area contributed by atoms with Crippen molar-refractivity contribution in [2.24, 2.45) is 4.99 Å². The Morgan fingerprint density at radius 2 is 2.11 bits per heavy atom. The summed E-state index contributed by atoms with van der Waals surface area (Å²) in [5.41, 5.74) is 1.65. The van der Waals surface area contributed by atoms with E-state index in [9.17, 15) is 13.6 Å². The van der Waals surface area contributed by atoms with Crippen LogP contribution in [0.2, 0.25) is 0 Å². The van der Waals surface area contributed by atoms with E-state index >= 15 is 0 Å². The molecular formula is C20H17BrF2N2O2. The molecule has 0 atom stereocenters. The molecule has 0 aliphatic carbocycles. The number of nitrogens with zero attached hydrogens (tertiary/aromatic N) is 2. The second-order valence-corrected chi connectivity index (χ2v) is 6.83. The summed E-state index contributed by atoms with van der Waals surface area (Å²) in [5, 5.41) is 0. The van der Waals surface area contributed by atoms with Gasteiger partial charge in [-0.25, -0.2) is 8.78 Å². The number of hydrogen-bond acceptors (Lipinski definition) is 3. The molecule has 0 N–H and O–H groups in total. The van der Waals surface area contributed by atoms with Gasteiger partial charge in [-0.05, 0) is 46.6 Å². The minimum absolute atomic E-state index is 0.112. The second kappa shape index (κ2) is 8.43. The van der Waals surface area contributed by atoms with Crippen LogP contribution in [-0.2, 0) is 13.2 Å². The van der Waals surface area contributed by atoms with E-state index in [4.69, 9.17) is 4.74 Å². The van der Waals surface area contributed by atoms with Crippen LogP contribution < -0.4 is 10.3 Å². The zero-order valence-corrected chi connectivity index (χ0v) is 16.2. The number of hydrogen-bond donors (Lipinski definition) is 0. The molecule has 1 aliphatic rings. The van der Waals surface area contributed by atoms with Crippen LogP contribution in [0.25, 0.3) is 0 Å². The second-order valence-electron chi connectivity index (χ2n) is 6.03. The van der Waals surface area contributed by atoms with Gasteiger partial charge in [-0.15, -0.1) is 0 Å². The number of aryl methyl sites for hydroxylation is 1. The lowest BCUT2D eigenvalue weighted by molar-refractivity contribution is 0.295. The van der Waals surface area contributed by atoms with Crippen LogP contribution in [0, 0.1) is 18.6 Å². The van der Waals surface area contributed by atoms with Gasteiger partial charge in [0.05, 0.1) is 13.1 Å². The van der Waals surface area contributed by atoms with Gasteiger partial charge in [0.15, 0.2) is 0 Å². The molecule has 1 aromatic heterocycles. The molecule has 0 saturated carbocycles. The molecule has 140 valence electrons. The highest BCUT2D eigenvalue weighted by atomic mass is 79.9. The van der Waals surface area contributed by atoms with Crippen molar-refractivity contribution in [2.45, 2.75) is 20.1 Å². The Balaban J connectivity index is 1.82.